The van der Waals surface area contributed by atoms with Crippen molar-refractivity contribution < 1.29 is 13.9 Å². The smallest absolute Gasteiger partial charge is 0.329 e. The zero-order valence-corrected chi connectivity index (χ0v) is 19.4. The summed E-state index contributed by atoms with van der Waals surface area (Å²) < 4.78 is 29.0. The minimum absolute atomic E-state index is 0.119. The van der Waals surface area contributed by atoms with Gasteiger partial charge in [0.2, 0.25) is 5.88 Å². The Morgan fingerprint density at radius 2 is 1.88 bits per heavy atom. The largest absolute Gasteiger partial charge is 0.494 e. The van der Waals surface area contributed by atoms with Crippen LogP contribution in [-0.4, -0.2) is 46.4 Å². The number of imidazole rings is 1. The molecule has 1 saturated heterocycles. The van der Waals surface area contributed by atoms with Crippen LogP contribution in [0.5, 0.6) is 11.6 Å². The number of methoxy groups -OCH3 is 2. The van der Waals surface area contributed by atoms with Crippen molar-refractivity contribution in [2.24, 2.45) is 0 Å². The molecule has 0 spiro atoms. The highest BCUT2D eigenvalue weighted by Crippen LogP contribution is 2.34. The lowest BCUT2D eigenvalue weighted by Crippen LogP contribution is -2.30. The van der Waals surface area contributed by atoms with Crippen molar-refractivity contribution in [1.29, 1.82) is 0 Å². The van der Waals surface area contributed by atoms with Gasteiger partial charge in [-0.25, -0.2) is 14.2 Å². The van der Waals surface area contributed by atoms with Crippen LogP contribution in [0.1, 0.15) is 23.7 Å². The Morgan fingerprint density at radius 3 is 2.65 bits per heavy atom. The molecule has 0 N–H and O–H groups in total. The average Bonchev–Trinajstić information content (AvgIpc) is 3.42. The molecule has 0 unspecified atom stereocenters. The summed E-state index contributed by atoms with van der Waals surface area (Å²) in [5.74, 6) is 0.718. The Morgan fingerprint density at radius 1 is 1.09 bits per heavy atom. The van der Waals surface area contributed by atoms with E-state index in [1.54, 1.807) is 34.7 Å². The molecule has 0 radical (unpaired) electrons. The first-order valence-corrected chi connectivity index (χ1v) is 11.1. The number of hydrogen-bond acceptors (Lipinski definition) is 6. The van der Waals surface area contributed by atoms with E-state index in [2.05, 4.69) is 9.97 Å². The molecule has 4 aromatic rings. The molecule has 34 heavy (non-hydrogen) atoms. The van der Waals surface area contributed by atoms with Gasteiger partial charge in [0.05, 0.1) is 38.0 Å². The maximum Gasteiger partial charge on any atom is 0.329 e. The minimum atomic E-state index is -0.244. The van der Waals surface area contributed by atoms with E-state index < -0.39 is 0 Å². The van der Waals surface area contributed by atoms with Crippen LogP contribution in [0.2, 0.25) is 0 Å². The zero-order chi connectivity index (χ0) is 23.8. The van der Waals surface area contributed by atoms with Crippen LogP contribution in [0.15, 0.2) is 53.6 Å². The number of para-hydroxylation sites is 2. The lowest BCUT2D eigenvalue weighted by molar-refractivity contribution is 0.387. The van der Waals surface area contributed by atoms with Crippen molar-refractivity contribution in [3.63, 3.8) is 0 Å². The molecular weight excluding hydrogens is 437 g/mol. The number of ether oxygens (including phenoxy) is 2. The van der Waals surface area contributed by atoms with Crippen LogP contribution < -0.4 is 20.1 Å². The number of aromatic nitrogens is 4. The number of rotatable bonds is 6. The van der Waals surface area contributed by atoms with Crippen molar-refractivity contribution in [1.82, 2.24) is 19.1 Å². The maximum atomic E-state index is 14.6. The van der Waals surface area contributed by atoms with Crippen LogP contribution in [0.3, 0.4) is 0 Å². The number of fused-ring (bicyclic) bond motifs is 1. The second-order valence-electron chi connectivity index (χ2n) is 8.37. The molecule has 0 aliphatic carbocycles. The summed E-state index contributed by atoms with van der Waals surface area (Å²) in [6, 6.07) is 10.6. The number of aryl methyl sites for hydroxylation is 1. The van der Waals surface area contributed by atoms with Crippen molar-refractivity contribution in [2.75, 3.05) is 32.2 Å². The quantitative estimate of drug-likeness (QED) is 0.435. The summed E-state index contributed by atoms with van der Waals surface area (Å²) in [6.45, 7) is 3.28. The summed E-state index contributed by atoms with van der Waals surface area (Å²) >= 11 is 0. The highest BCUT2D eigenvalue weighted by Gasteiger charge is 2.31. The van der Waals surface area contributed by atoms with Gasteiger partial charge in [0.1, 0.15) is 22.8 Å². The van der Waals surface area contributed by atoms with Gasteiger partial charge in [-0.05, 0) is 37.1 Å². The minimum Gasteiger partial charge on any atom is -0.494 e. The van der Waals surface area contributed by atoms with Crippen LogP contribution in [0.25, 0.3) is 11.0 Å². The van der Waals surface area contributed by atoms with Gasteiger partial charge in [0.25, 0.3) is 0 Å². The maximum absolute atomic E-state index is 14.6. The molecule has 5 rings (SSSR count). The Hall–Kier alpha value is -3.88. The molecule has 1 aliphatic rings. The third-order valence-corrected chi connectivity index (χ3v) is 6.43. The fourth-order valence-electron chi connectivity index (χ4n) is 4.93. The predicted molar refractivity (Wildman–Crippen MR) is 127 cm³/mol. The summed E-state index contributed by atoms with van der Waals surface area (Å²) in [5, 5.41) is 0. The molecule has 0 amide bonds. The Balaban J connectivity index is 1.60. The summed E-state index contributed by atoms with van der Waals surface area (Å²) in [4.78, 5) is 24.4. The van der Waals surface area contributed by atoms with E-state index in [0.717, 1.165) is 17.5 Å². The van der Waals surface area contributed by atoms with Crippen molar-refractivity contribution in [3.8, 4) is 11.6 Å². The van der Waals surface area contributed by atoms with E-state index in [0.29, 0.717) is 41.6 Å². The Bertz CT molecular complexity index is 1390. The normalized spacial score (nSPS) is 15.8. The van der Waals surface area contributed by atoms with E-state index in [1.165, 1.54) is 13.2 Å². The number of hydrogen-bond donors (Lipinski definition) is 0. The summed E-state index contributed by atoms with van der Waals surface area (Å²) in [5.41, 5.74) is 3.31. The Labute approximate surface area is 196 Å². The molecule has 8 nitrogen and oxygen atoms in total. The van der Waals surface area contributed by atoms with E-state index >= 15 is 0 Å². The fourth-order valence-corrected chi connectivity index (χ4v) is 4.93. The number of anilines is 1. The predicted octanol–water partition coefficient (Wildman–Crippen LogP) is 3.56. The molecule has 2 aromatic heterocycles. The van der Waals surface area contributed by atoms with Gasteiger partial charge < -0.3 is 14.4 Å². The zero-order valence-electron chi connectivity index (χ0n) is 19.4. The lowest BCUT2D eigenvalue weighted by atomic mass is 10.2. The second kappa shape index (κ2) is 8.81. The second-order valence-corrected chi connectivity index (χ2v) is 8.37. The van der Waals surface area contributed by atoms with Crippen LogP contribution in [0.4, 0.5) is 10.1 Å². The summed E-state index contributed by atoms with van der Waals surface area (Å²) in [6.07, 6.45) is 3.84. The molecular formula is C25H26FN5O3. The molecule has 0 bridgehead atoms. The average molecular weight is 464 g/mol. The molecule has 3 heterocycles. The van der Waals surface area contributed by atoms with E-state index in [1.807, 2.05) is 36.1 Å². The summed E-state index contributed by atoms with van der Waals surface area (Å²) in [7, 11) is 3.11. The number of halogens is 1. The number of nitrogens with zero attached hydrogens (tertiary/aromatic N) is 5. The van der Waals surface area contributed by atoms with Gasteiger partial charge in [0, 0.05) is 25.5 Å². The molecule has 0 saturated carbocycles. The van der Waals surface area contributed by atoms with Gasteiger partial charge in [-0.1, -0.05) is 18.2 Å². The molecule has 1 atom stereocenters. The molecule has 1 fully saturated rings. The van der Waals surface area contributed by atoms with Gasteiger partial charge in [-0.15, -0.1) is 0 Å². The Kier molecular flexibility index (Phi) is 5.69. The standard InChI is InChI=1S/C25H26FN5O3/c1-16-6-4-7-18(26)22(16)29-13-10-17(14-29)31-20-8-5-9-21(33-2)23(20)30(25(31)32)15-19-24(34-3)28-12-11-27-19/h4-9,11-12,17H,10,13-15H2,1-3H3/t17-/m1/s1. The van der Waals surface area contributed by atoms with Gasteiger partial charge in [-0.2, -0.15) is 0 Å². The number of benzene rings is 2. The lowest BCUT2D eigenvalue weighted by Gasteiger charge is -2.21. The van der Waals surface area contributed by atoms with Crippen molar-refractivity contribution in [3.05, 3.63) is 76.4 Å². The highest BCUT2D eigenvalue weighted by molar-refractivity contribution is 5.83. The monoisotopic (exact) mass is 463 g/mol. The van der Waals surface area contributed by atoms with Gasteiger partial charge in [0.15, 0.2) is 0 Å². The molecule has 176 valence electrons. The van der Waals surface area contributed by atoms with Crippen LogP contribution in [-0.2, 0) is 6.54 Å². The first-order chi connectivity index (χ1) is 16.5. The SMILES string of the molecule is COc1nccnc1Cn1c(=O)n([C@@H]2CCN(c3c(C)cccc3F)C2)c2cccc(OC)c21. The molecule has 1 aliphatic heterocycles. The third-order valence-electron chi connectivity index (χ3n) is 6.43. The van der Waals surface area contributed by atoms with E-state index in [4.69, 9.17) is 9.47 Å². The van der Waals surface area contributed by atoms with Crippen LogP contribution >= 0.6 is 0 Å². The first kappa shape index (κ1) is 21.9. The van der Waals surface area contributed by atoms with E-state index in [-0.39, 0.29) is 24.1 Å². The van der Waals surface area contributed by atoms with E-state index in [9.17, 15) is 9.18 Å². The molecule has 9 heteroatoms. The third kappa shape index (κ3) is 3.57. The molecule has 2 aromatic carbocycles. The fraction of sp³-hybridized carbons (Fsp3) is 0.320. The van der Waals surface area contributed by atoms with Crippen molar-refractivity contribution >= 4 is 16.7 Å². The van der Waals surface area contributed by atoms with Crippen LogP contribution in [0, 0.1) is 12.7 Å². The topological polar surface area (TPSA) is 74.4 Å². The van der Waals surface area contributed by atoms with Crippen molar-refractivity contribution in [2.45, 2.75) is 25.9 Å². The van der Waals surface area contributed by atoms with Gasteiger partial charge >= 0.3 is 5.69 Å². The van der Waals surface area contributed by atoms with Gasteiger partial charge in [-0.3, -0.25) is 14.1 Å². The first-order valence-electron chi connectivity index (χ1n) is 11.1. The highest BCUT2D eigenvalue weighted by atomic mass is 19.1.